The summed E-state index contributed by atoms with van der Waals surface area (Å²) in [7, 11) is 0. The van der Waals surface area contributed by atoms with Crippen LogP contribution in [0.1, 0.15) is 24.1 Å². The van der Waals surface area contributed by atoms with Crippen LogP contribution in [-0.4, -0.2) is 4.98 Å². The fraction of sp³-hybridized carbons (Fsp3) is 0.143. The standard InChI is InChI=1S/C14H14N4/c1-10(12-4-2-3-5-13(12)16)18-14-9-17-7-6-11(14)8-15/h2-7,9-10,18H,16H2,1H3. The second kappa shape index (κ2) is 5.19. The summed E-state index contributed by atoms with van der Waals surface area (Å²) in [5.41, 5.74) is 8.96. The topological polar surface area (TPSA) is 74.7 Å². The Bertz CT molecular complexity index is 586. The maximum Gasteiger partial charge on any atom is 0.101 e. The first-order valence-electron chi connectivity index (χ1n) is 5.67. The Morgan fingerprint density at radius 1 is 1.33 bits per heavy atom. The summed E-state index contributed by atoms with van der Waals surface area (Å²) in [6.07, 6.45) is 3.25. The minimum atomic E-state index is 0.0162. The molecule has 0 radical (unpaired) electrons. The molecule has 2 aromatic rings. The number of para-hydroxylation sites is 1. The largest absolute Gasteiger partial charge is 0.398 e. The van der Waals surface area contributed by atoms with E-state index in [9.17, 15) is 0 Å². The lowest BCUT2D eigenvalue weighted by molar-refractivity contribution is 0.885. The summed E-state index contributed by atoms with van der Waals surface area (Å²) in [5, 5.41) is 12.3. The second-order valence-electron chi connectivity index (χ2n) is 4.03. The average Bonchev–Trinajstić information content (AvgIpc) is 2.39. The van der Waals surface area contributed by atoms with Crippen molar-refractivity contribution in [3.8, 4) is 6.07 Å². The summed E-state index contributed by atoms with van der Waals surface area (Å²) in [5.74, 6) is 0. The van der Waals surface area contributed by atoms with Crippen LogP contribution in [0.3, 0.4) is 0 Å². The van der Waals surface area contributed by atoms with Gasteiger partial charge in [-0.15, -0.1) is 0 Å². The van der Waals surface area contributed by atoms with Crippen molar-refractivity contribution < 1.29 is 0 Å². The third kappa shape index (κ3) is 2.41. The highest BCUT2D eigenvalue weighted by atomic mass is 14.9. The van der Waals surface area contributed by atoms with Gasteiger partial charge in [0.25, 0.3) is 0 Å². The van der Waals surface area contributed by atoms with Crippen molar-refractivity contribution in [2.24, 2.45) is 0 Å². The molecule has 0 aliphatic rings. The van der Waals surface area contributed by atoms with E-state index in [1.165, 1.54) is 0 Å². The Morgan fingerprint density at radius 2 is 2.11 bits per heavy atom. The number of nitrogens with two attached hydrogens (primary N) is 1. The maximum absolute atomic E-state index is 9.01. The Hall–Kier alpha value is -2.54. The van der Waals surface area contributed by atoms with Crippen molar-refractivity contribution in [3.05, 3.63) is 53.9 Å². The molecule has 1 heterocycles. The fourth-order valence-electron chi connectivity index (χ4n) is 1.82. The highest BCUT2D eigenvalue weighted by Crippen LogP contribution is 2.24. The second-order valence-corrected chi connectivity index (χ2v) is 4.03. The molecule has 0 aliphatic heterocycles. The molecule has 4 heteroatoms. The molecule has 3 N–H and O–H groups in total. The van der Waals surface area contributed by atoms with E-state index in [1.807, 2.05) is 31.2 Å². The Labute approximate surface area is 106 Å². The first-order chi connectivity index (χ1) is 8.72. The molecule has 90 valence electrons. The van der Waals surface area contributed by atoms with Crippen molar-refractivity contribution in [3.63, 3.8) is 0 Å². The van der Waals surface area contributed by atoms with Crippen LogP contribution in [-0.2, 0) is 0 Å². The van der Waals surface area contributed by atoms with Crippen LogP contribution in [0.4, 0.5) is 11.4 Å². The van der Waals surface area contributed by atoms with E-state index in [0.29, 0.717) is 5.56 Å². The molecule has 0 bridgehead atoms. The number of anilines is 2. The molecule has 0 saturated carbocycles. The van der Waals surface area contributed by atoms with E-state index in [0.717, 1.165) is 16.9 Å². The summed E-state index contributed by atoms with van der Waals surface area (Å²) >= 11 is 0. The van der Waals surface area contributed by atoms with E-state index in [-0.39, 0.29) is 6.04 Å². The maximum atomic E-state index is 9.01. The van der Waals surface area contributed by atoms with Crippen molar-refractivity contribution >= 4 is 11.4 Å². The number of nitriles is 1. The molecule has 0 aliphatic carbocycles. The molecule has 18 heavy (non-hydrogen) atoms. The van der Waals surface area contributed by atoms with Gasteiger partial charge >= 0.3 is 0 Å². The molecule has 0 spiro atoms. The minimum absolute atomic E-state index is 0.0162. The molecule has 1 aromatic heterocycles. The Balaban J connectivity index is 2.25. The predicted molar refractivity (Wildman–Crippen MR) is 71.8 cm³/mol. The normalized spacial score (nSPS) is 11.6. The highest BCUT2D eigenvalue weighted by molar-refractivity contribution is 5.58. The van der Waals surface area contributed by atoms with Crippen molar-refractivity contribution in [1.29, 1.82) is 5.26 Å². The summed E-state index contributed by atoms with van der Waals surface area (Å²) in [6, 6.07) is 11.5. The van der Waals surface area contributed by atoms with Gasteiger partial charge in [-0.3, -0.25) is 4.98 Å². The van der Waals surface area contributed by atoms with Gasteiger partial charge in [-0.05, 0) is 24.6 Å². The van der Waals surface area contributed by atoms with E-state index in [2.05, 4.69) is 16.4 Å². The van der Waals surface area contributed by atoms with Crippen molar-refractivity contribution in [2.75, 3.05) is 11.1 Å². The number of nitrogen functional groups attached to an aromatic ring is 1. The van der Waals surface area contributed by atoms with Crippen LogP contribution in [0.15, 0.2) is 42.7 Å². The highest BCUT2D eigenvalue weighted by Gasteiger charge is 2.10. The molecule has 4 nitrogen and oxygen atoms in total. The number of nitrogens with one attached hydrogen (secondary N) is 1. The summed E-state index contributed by atoms with van der Waals surface area (Å²) < 4.78 is 0. The summed E-state index contributed by atoms with van der Waals surface area (Å²) in [4.78, 5) is 4.02. The zero-order chi connectivity index (χ0) is 13.0. The van der Waals surface area contributed by atoms with Gasteiger partial charge in [0, 0.05) is 11.9 Å². The quantitative estimate of drug-likeness (QED) is 0.806. The van der Waals surface area contributed by atoms with Gasteiger partial charge in [0.05, 0.1) is 23.5 Å². The van der Waals surface area contributed by atoms with Crippen LogP contribution in [0.2, 0.25) is 0 Å². The van der Waals surface area contributed by atoms with E-state index in [1.54, 1.807) is 18.5 Å². The van der Waals surface area contributed by atoms with E-state index < -0.39 is 0 Å². The first kappa shape index (κ1) is 11.9. The van der Waals surface area contributed by atoms with Gasteiger partial charge in [-0.1, -0.05) is 18.2 Å². The summed E-state index contributed by atoms with van der Waals surface area (Å²) in [6.45, 7) is 2.00. The zero-order valence-electron chi connectivity index (χ0n) is 10.1. The van der Waals surface area contributed by atoms with Crippen molar-refractivity contribution in [2.45, 2.75) is 13.0 Å². The van der Waals surface area contributed by atoms with Gasteiger partial charge in [0.2, 0.25) is 0 Å². The minimum Gasteiger partial charge on any atom is -0.398 e. The van der Waals surface area contributed by atoms with Gasteiger partial charge in [0.1, 0.15) is 6.07 Å². The third-order valence-corrected chi connectivity index (χ3v) is 2.78. The molecular weight excluding hydrogens is 224 g/mol. The van der Waals surface area contributed by atoms with Crippen LogP contribution < -0.4 is 11.1 Å². The number of hydrogen-bond acceptors (Lipinski definition) is 4. The average molecular weight is 238 g/mol. The molecule has 0 saturated heterocycles. The van der Waals surface area contributed by atoms with Crippen LogP contribution >= 0.6 is 0 Å². The van der Waals surface area contributed by atoms with E-state index >= 15 is 0 Å². The lowest BCUT2D eigenvalue weighted by Crippen LogP contribution is -2.10. The number of hydrogen-bond donors (Lipinski definition) is 2. The van der Waals surface area contributed by atoms with Gasteiger partial charge < -0.3 is 11.1 Å². The number of benzene rings is 1. The lowest BCUT2D eigenvalue weighted by atomic mass is 10.1. The zero-order valence-corrected chi connectivity index (χ0v) is 10.1. The van der Waals surface area contributed by atoms with Crippen LogP contribution in [0.25, 0.3) is 0 Å². The molecule has 0 fully saturated rings. The number of nitrogens with zero attached hydrogens (tertiary/aromatic N) is 2. The van der Waals surface area contributed by atoms with Gasteiger partial charge in [0.15, 0.2) is 0 Å². The van der Waals surface area contributed by atoms with Gasteiger partial charge in [-0.2, -0.15) is 5.26 Å². The molecule has 1 atom stereocenters. The lowest BCUT2D eigenvalue weighted by Gasteiger charge is -2.17. The number of aromatic nitrogens is 1. The number of pyridine rings is 1. The Kier molecular flexibility index (Phi) is 3.44. The predicted octanol–water partition coefficient (Wildman–Crippen LogP) is 2.71. The molecule has 2 rings (SSSR count). The monoisotopic (exact) mass is 238 g/mol. The van der Waals surface area contributed by atoms with E-state index in [4.69, 9.17) is 11.0 Å². The van der Waals surface area contributed by atoms with Crippen LogP contribution in [0, 0.1) is 11.3 Å². The molecule has 0 amide bonds. The Morgan fingerprint density at radius 3 is 2.83 bits per heavy atom. The molecular formula is C14H14N4. The molecule has 1 unspecified atom stereocenters. The molecule has 1 aromatic carbocycles. The SMILES string of the molecule is CC(Nc1cnccc1C#N)c1ccccc1N. The fourth-order valence-corrected chi connectivity index (χ4v) is 1.82. The first-order valence-corrected chi connectivity index (χ1v) is 5.67. The third-order valence-electron chi connectivity index (χ3n) is 2.78. The van der Waals surface area contributed by atoms with Crippen molar-refractivity contribution in [1.82, 2.24) is 4.98 Å². The number of rotatable bonds is 3. The van der Waals surface area contributed by atoms with Crippen LogP contribution in [0.5, 0.6) is 0 Å². The smallest absolute Gasteiger partial charge is 0.101 e. The van der Waals surface area contributed by atoms with Gasteiger partial charge in [-0.25, -0.2) is 0 Å².